The van der Waals surface area contributed by atoms with Gasteiger partial charge in [0.15, 0.2) is 5.13 Å². The van der Waals surface area contributed by atoms with E-state index in [9.17, 15) is 9.59 Å². The van der Waals surface area contributed by atoms with E-state index in [1.165, 1.54) is 29.6 Å². The number of carbonyl (C=O) groups is 2. The van der Waals surface area contributed by atoms with Crippen molar-refractivity contribution in [2.24, 2.45) is 0 Å². The third kappa shape index (κ3) is 5.46. The third-order valence-corrected chi connectivity index (χ3v) is 6.49. The van der Waals surface area contributed by atoms with Crippen molar-refractivity contribution in [2.45, 2.75) is 26.3 Å². The van der Waals surface area contributed by atoms with Crippen LogP contribution in [0.25, 0.3) is 21.8 Å². The van der Waals surface area contributed by atoms with Crippen molar-refractivity contribution in [3.8, 4) is 21.8 Å². The van der Waals surface area contributed by atoms with Gasteiger partial charge in [-0.1, -0.05) is 54.6 Å². The van der Waals surface area contributed by atoms with Crippen molar-refractivity contribution in [3.63, 3.8) is 0 Å². The highest BCUT2D eigenvalue weighted by molar-refractivity contribution is 7.14. The highest BCUT2D eigenvalue weighted by Crippen LogP contribution is 2.27. The van der Waals surface area contributed by atoms with Gasteiger partial charge in [0.2, 0.25) is 11.8 Å². The van der Waals surface area contributed by atoms with E-state index in [2.05, 4.69) is 20.6 Å². The van der Waals surface area contributed by atoms with Crippen LogP contribution in [0.15, 0.2) is 65.4 Å². The van der Waals surface area contributed by atoms with E-state index in [1.807, 2.05) is 72.3 Å². The summed E-state index contributed by atoms with van der Waals surface area (Å²) in [5.41, 5.74) is 4.56. The number of hydrogen-bond donors (Lipinski definition) is 2. The van der Waals surface area contributed by atoms with Crippen LogP contribution < -0.4 is 10.6 Å². The SMILES string of the molecule is CC(=O)NC(C)c1ccc(-c2csc(NC(=O)Cc3csc(-c4ccccc4)n3)n2)cc1. The molecule has 4 aromatic rings. The molecular formula is C24H22N4O2S2. The number of benzene rings is 2. The van der Waals surface area contributed by atoms with Gasteiger partial charge in [-0.15, -0.1) is 22.7 Å². The largest absolute Gasteiger partial charge is 0.350 e. The summed E-state index contributed by atoms with van der Waals surface area (Å²) in [7, 11) is 0. The minimum atomic E-state index is -0.143. The summed E-state index contributed by atoms with van der Waals surface area (Å²) in [5, 5.41) is 11.0. The first-order chi connectivity index (χ1) is 15.5. The molecule has 2 aromatic carbocycles. The Hall–Kier alpha value is -3.36. The van der Waals surface area contributed by atoms with Gasteiger partial charge < -0.3 is 10.6 Å². The Morgan fingerprint density at radius 3 is 2.41 bits per heavy atom. The highest BCUT2D eigenvalue weighted by Gasteiger charge is 2.12. The van der Waals surface area contributed by atoms with Crippen molar-refractivity contribution in [3.05, 3.63) is 76.6 Å². The standard InChI is InChI=1S/C24H22N4O2S2/c1-15(25-16(2)29)17-8-10-18(11-9-17)21-14-32-24(27-21)28-22(30)12-20-13-31-23(26-20)19-6-4-3-5-7-19/h3-11,13-15H,12H2,1-2H3,(H,25,29)(H,27,28,30). The fourth-order valence-corrected chi connectivity index (χ4v) is 4.79. The molecule has 1 unspecified atom stereocenters. The number of carbonyl (C=O) groups excluding carboxylic acids is 2. The molecule has 1 atom stereocenters. The molecule has 8 heteroatoms. The molecule has 6 nitrogen and oxygen atoms in total. The first-order valence-electron chi connectivity index (χ1n) is 10.1. The lowest BCUT2D eigenvalue weighted by Crippen LogP contribution is -2.23. The molecule has 0 aliphatic carbocycles. The van der Waals surface area contributed by atoms with Crippen LogP contribution >= 0.6 is 22.7 Å². The molecule has 0 saturated heterocycles. The van der Waals surface area contributed by atoms with Gasteiger partial charge in [-0.05, 0) is 12.5 Å². The van der Waals surface area contributed by atoms with E-state index < -0.39 is 0 Å². The van der Waals surface area contributed by atoms with Crippen LogP contribution in [0.3, 0.4) is 0 Å². The van der Waals surface area contributed by atoms with Crippen LogP contribution in [0.4, 0.5) is 5.13 Å². The molecule has 2 N–H and O–H groups in total. The van der Waals surface area contributed by atoms with Crippen LogP contribution in [-0.2, 0) is 16.0 Å². The molecule has 0 aliphatic rings. The van der Waals surface area contributed by atoms with Crippen molar-refractivity contribution in [1.82, 2.24) is 15.3 Å². The summed E-state index contributed by atoms with van der Waals surface area (Å²) < 4.78 is 0. The maximum absolute atomic E-state index is 12.5. The number of thiazole rings is 2. The average molecular weight is 463 g/mol. The molecule has 2 aromatic heterocycles. The highest BCUT2D eigenvalue weighted by atomic mass is 32.1. The van der Waals surface area contributed by atoms with Crippen LogP contribution in [0, 0.1) is 0 Å². The Labute approximate surface area is 194 Å². The zero-order valence-electron chi connectivity index (χ0n) is 17.7. The summed E-state index contributed by atoms with van der Waals surface area (Å²) in [6, 6.07) is 17.7. The number of amides is 2. The van der Waals surface area contributed by atoms with E-state index in [-0.39, 0.29) is 24.3 Å². The summed E-state index contributed by atoms with van der Waals surface area (Å²) in [6.45, 7) is 3.45. The Kier molecular flexibility index (Phi) is 6.72. The second-order valence-electron chi connectivity index (χ2n) is 7.32. The number of aromatic nitrogens is 2. The molecule has 162 valence electrons. The molecule has 32 heavy (non-hydrogen) atoms. The van der Waals surface area contributed by atoms with Crippen molar-refractivity contribution in [1.29, 1.82) is 0 Å². The van der Waals surface area contributed by atoms with Crippen molar-refractivity contribution >= 4 is 39.6 Å². The zero-order chi connectivity index (χ0) is 22.5. The predicted octanol–water partition coefficient (Wildman–Crippen LogP) is 5.31. The van der Waals surface area contributed by atoms with E-state index in [0.29, 0.717) is 5.13 Å². The fraction of sp³-hybridized carbons (Fsp3) is 0.167. The quantitative estimate of drug-likeness (QED) is 0.390. The molecule has 0 saturated carbocycles. The lowest BCUT2D eigenvalue weighted by molar-refractivity contribution is -0.119. The number of rotatable bonds is 7. The Morgan fingerprint density at radius 1 is 0.938 bits per heavy atom. The Balaban J connectivity index is 1.36. The molecule has 4 rings (SSSR count). The third-order valence-electron chi connectivity index (χ3n) is 4.79. The smallest absolute Gasteiger partial charge is 0.232 e. The number of anilines is 1. The number of nitrogens with zero attached hydrogens (tertiary/aromatic N) is 2. The molecule has 0 radical (unpaired) electrons. The van der Waals surface area contributed by atoms with Gasteiger partial charge in [0.1, 0.15) is 5.01 Å². The fourth-order valence-electron chi connectivity index (χ4n) is 3.22. The lowest BCUT2D eigenvalue weighted by atomic mass is 10.1. The van der Waals surface area contributed by atoms with Gasteiger partial charge in [-0.25, -0.2) is 9.97 Å². The van der Waals surface area contributed by atoms with Gasteiger partial charge in [0.25, 0.3) is 0 Å². The maximum atomic E-state index is 12.5. The number of hydrogen-bond acceptors (Lipinski definition) is 6. The van der Waals surface area contributed by atoms with Gasteiger partial charge in [-0.2, -0.15) is 0 Å². The normalized spacial score (nSPS) is 11.7. The zero-order valence-corrected chi connectivity index (χ0v) is 19.3. The van der Waals surface area contributed by atoms with Gasteiger partial charge >= 0.3 is 0 Å². The average Bonchev–Trinajstić information content (AvgIpc) is 3.44. The lowest BCUT2D eigenvalue weighted by Gasteiger charge is -2.12. The monoisotopic (exact) mass is 462 g/mol. The summed E-state index contributed by atoms with van der Waals surface area (Å²) in [4.78, 5) is 32.8. The second kappa shape index (κ2) is 9.84. The topological polar surface area (TPSA) is 84.0 Å². The second-order valence-corrected chi connectivity index (χ2v) is 9.03. The molecule has 0 aliphatic heterocycles. The minimum Gasteiger partial charge on any atom is -0.350 e. The molecule has 2 amide bonds. The van der Waals surface area contributed by atoms with Gasteiger partial charge in [0.05, 0.1) is 23.9 Å². The van der Waals surface area contributed by atoms with Gasteiger partial charge in [-0.3, -0.25) is 9.59 Å². The first kappa shape index (κ1) is 21.9. The van der Waals surface area contributed by atoms with E-state index >= 15 is 0 Å². The van der Waals surface area contributed by atoms with Gasteiger partial charge in [0, 0.05) is 28.8 Å². The Morgan fingerprint density at radius 2 is 1.69 bits per heavy atom. The molecule has 2 heterocycles. The van der Waals surface area contributed by atoms with Crippen LogP contribution in [0.2, 0.25) is 0 Å². The number of nitrogens with one attached hydrogen (secondary N) is 2. The predicted molar refractivity (Wildman–Crippen MR) is 130 cm³/mol. The van der Waals surface area contributed by atoms with E-state index in [0.717, 1.165) is 33.1 Å². The minimum absolute atomic E-state index is 0.0556. The van der Waals surface area contributed by atoms with Crippen molar-refractivity contribution in [2.75, 3.05) is 5.32 Å². The Bertz CT molecular complexity index is 1220. The molecule has 0 fully saturated rings. The summed E-state index contributed by atoms with van der Waals surface area (Å²) in [6.07, 6.45) is 0.202. The van der Waals surface area contributed by atoms with E-state index in [1.54, 1.807) is 0 Å². The van der Waals surface area contributed by atoms with E-state index in [4.69, 9.17) is 0 Å². The molecule has 0 spiro atoms. The maximum Gasteiger partial charge on any atom is 0.232 e. The summed E-state index contributed by atoms with van der Waals surface area (Å²) in [5.74, 6) is -0.203. The van der Waals surface area contributed by atoms with Crippen LogP contribution in [-0.4, -0.2) is 21.8 Å². The summed E-state index contributed by atoms with van der Waals surface area (Å²) >= 11 is 2.92. The van der Waals surface area contributed by atoms with Crippen molar-refractivity contribution < 1.29 is 9.59 Å². The van der Waals surface area contributed by atoms with Crippen LogP contribution in [0.5, 0.6) is 0 Å². The van der Waals surface area contributed by atoms with Crippen LogP contribution in [0.1, 0.15) is 31.1 Å². The molecular weight excluding hydrogens is 440 g/mol. The first-order valence-corrected chi connectivity index (χ1v) is 11.9. The molecule has 0 bridgehead atoms.